The van der Waals surface area contributed by atoms with Gasteiger partial charge in [-0.25, -0.2) is 0 Å². The summed E-state index contributed by atoms with van der Waals surface area (Å²) in [5, 5.41) is 16.8. The van der Waals surface area contributed by atoms with Gasteiger partial charge in [0.25, 0.3) is 0 Å². The summed E-state index contributed by atoms with van der Waals surface area (Å²) in [5.74, 6) is 0.123. The zero-order valence-electron chi connectivity index (χ0n) is 7.12. The molecule has 12 heavy (non-hydrogen) atoms. The minimum Gasteiger partial charge on any atom is -0.481 e. The Labute approximate surface area is 76.8 Å². The quantitative estimate of drug-likeness (QED) is 0.645. The number of carboxylic acid groups (broad SMARTS) is 1. The molecule has 1 N–H and O–H groups in total. The summed E-state index contributed by atoms with van der Waals surface area (Å²) in [7, 11) is 0. The maximum atomic E-state index is 10.2. The average Bonchev–Trinajstić information content (AvgIpc) is 1.97. The number of aliphatic carboxylic acids is 1. The summed E-state index contributed by atoms with van der Waals surface area (Å²) in [6, 6.07) is 2.05. The van der Waals surface area contributed by atoms with Gasteiger partial charge in [-0.05, 0) is 12.2 Å². The lowest BCUT2D eigenvalue weighted by molar-refractivity contribution is -0.136. The van der Waals surface area contributed by atoms with Crippen LogP contribution in [0.5, 0.6) is 0 Å². The fourth-order valence-electron chi connectivity index (χ4n) is 0.741. The van der Waals surface area contributed by atoms with E-state index in [0.717, 1.165) is 12.2 Å². The van der Waals surface area contributed by atoms with Crippen molar-refractivity contribution in [2.24, 2.45) is 0 Å². The van der Waals surface area contributed by atoms with E-state index >= 15 is 0 Å². The van der Waals surface area contributed by atoms with Gasteiger partial charge >= 0.3 is 5.97 Å². The molecule has 0 aliphatic heterocycles. The van der Waals surface area contributed by atoms with Gasteiger partial charge < -0.3 is 5.11 Å². The number of hydrogen-bond acceptors (Lipinski definition) is 3. The first kappa shape index (κ1) is 11.3. The van der Waals surface area contributed by atoms with Crippen LogP contribution in [0.4, 0.5) is 0 Å². The molecule has 0 aromatic carbocycles. The molecule has 4 heteroatoms. The highest BCUT2D eigenvalue weighted by molar-refractivity contribution is 7.99. The van der Waals surface area contributed by atoms with Gasteiger partial charge in [0.15, 0.2) is 0 Å². The van der Waals surface area contributed by atoms with Crippen molar-refractivity contribution in [3.63, 3.8) is 0 Å². The van der Waals surface area contributed by atoms with Gasteiger partial charge in [-0.2, -0.15) is 17.0 Å². The summed E-state index contributed by atoms with van der Waals surface area (Å²) in [4.78, 5) is 10.2. The molecule has 0 bridgehead atoms. The number of carbonyl (C=O) groups is 1. The van der Waals surface area contributed by atoms with Crippen molar-refractivity contribution in [2.75, 3.05) is 5.75 Å². The Morgan fingerprint density at radius 2 is 2.42 bits per heavy atom. The van der Waals surface area contributed by atoms with Crippen LogP contribution in [-0.4, -0.2) is 22.1 Å². The van der Waals surface area contributed by atoms with E-state index < -0.39 is 5.97 Å². The Morgan fingerprint density at radius 1 is 1.75 bits per heavy atom. The first-order valence-electron chi connectivity index (χ1n) is 3.87. The molecule has 0 spiro atoms. The second kappa shape index (κ2) is 6.99. The third-order valence-corrected chi connectivity index (χ3v) is 2.56. The maximum Gasteiger partial charge on any atom is 0.304 e. The normalized spacial score (nSPS) is 12.0. The van der Waals surface area contributed by atoms with Crippen LogP contribution < -0.4 is 0 Å². The van der Waals surface area contributed by atoms with E-state index in [1.54, 1.807) is 11.8 Å². The minimum atomic E-state index is -0.754. The van der Waals surface area contributed by atoms with Crippen molar-refractivity contribution in [1.29, 1.82) is 5.26 Å². The van der Waals surface area contributed by atoms with E-state index in [1.165, 1.54) is 0 Å². The second-order valence-electron chi connectivity index (χ2n) is 2.54. The van der Waals surface area contributed by atoms with Crippen LogP contribution >= 0.6 is 11.8 Å². The second-order valence-corrected chi connectivity index (χ2v) is 4.09. The largest absolute Gasteiger partial charge is 0.481 e. The summed E-state index contributed by atoms with van der Waals surface area (Å²) in [5.41, 5.74) is 0. The van der Waals surface area contributed by atoms with E-state index in [4.69, 9.17) is 10.4 Å². The molecule has 0 amide bonds. The molecule has 0 saturated carbocycles. The molecule has 0 aliphatic carbocycles. The van der Waals surface area contributed by atoms with Crippen molar-refractivity contribution in [2.45, 2.75) is 31.4 Å². The lowest BCUT2D eigenvalue weighted by Gasteiger charge is -2.06. The third kappa shape index (κ3) is 7.42. The lowest BCUT2D eigenvalue weighted by atomic mass is 10.3. The lowest BCUT2D eigenvalue weighted by Crippen LogP contribution is -2.06. The summed E-state index contributed by atoms with van der Waals surface area (Å²) in [6.07, 6.45) is 1.62. The molecule has 0 radical (unpaired) electrons. The Hall–Kier alpha value is -0.690. The maximum absolute atomic E-state index is 10.2. The van der Waals surface area contributed by atoms with E-state index in [-0.39, 0.29) is 11.7 Å². The number of thioether (sulfide) groups is 1. The number of unbranched alkanes of at least 4 members (excludes halogenated alkanes) is 1. The number of nitrogens with zero attached hydrogens (tertiary/aromatic N) is 1. The molecule has 1 atom stereocenters. The molecule has 0 aromatic heterocycles. The van der Waals surface area contributed by atoms with Crippen LogP contribution in [0, 0.1) is 11.3 Å². The number of rotatable bonds is 6. The highest BCUT2D eigenvalue weighted by atomic mass is 32.2. The van der Waals surface area contributed by atoms with Crippen molar-refractivity contribution in [1.82, 2.24) is 0 Å². The molecule has 1 unspecified atom stereocenters. The Balaban J connectivity index is 3.26. The average molecular weight is 187 g/mol. The zero-order chi connectivity index (χ0) is 9.40. The monoisotopic (exact) mass is 187 g/mol. The molecule has 0 fully saturated rings. The van der Waals surface area contributed by atoms with E-state index in [9.17, 15) is 4.79 Å². The van der Waals surface area contributed by atoms with Crippen LogP contribution in [0.15, 0.2) is 0 Å². The molecular weight excluding hydrogens is 174 g/mol. The molecular formula is C8H13NO2S. The van der Waals surface area contributed by atoms with E-state index in [1.807, 2.05) is 6.92 Å². The van der Waals surface area contributed by atoms with Crippen LogP contribution in [0.25, 0.3) is 0 Å². The molecule has 0 saturated heterocycles. The fraction of sp³-hybridized carbons (Fsp3) is 0.750. The summed E-state index contributed by atoms with van der Waals surface area (Å²) < 4.78 is 0. The smallest absolute Gasteiger partial charge is 0.304 e. The van der Waals surface area contributed by atoms with Crippen LogP contribution in [-0.2, 0) is 4.79 Å². The molecule has 68 valence electrons. The van der Waals surface area contributed by atoms with Gasteiger partial charge in [0, 0.05) is 11.7 Å². The van der Waals surface area contributed by atoms with Gasteiger partial charge in [0.1, 0.15) is 0 Å². The summed E-state index contributed by atoms with van der Waals surface area (Å²) in [6.45, 7) is 1.89. The highest BCUT2D eigenvalue weighted by Crippen LogP contribution is 2.15. The standard InChI is InChI=1S/C8H13NO2S/c1-7(6-8(10)11)12-5-3-2-4-9/h7H,2-3,5-6H2,1H3,(H,10,11). The van der Waals surface area contributed by atoms with Crippen LogP contribution in [0.2, 0.25) is 0 Å². The fourth-order valence-corrected chi connectivity index (χ4v) is 1.71. The van der Waals surface area contributed by atoms with Gasteiger partial charge in [0.05, 0.1) is 12.5 Å². The van der Waals surface area contributed by atoms with Crippen LogP contribution in [0.1, 0.15) is 26.2 Å². The molecule has 3 nitrogen and oxygen atoms in total. The number of carboxylic acids is 1. The highest BCUT2D eigenvalue weighted by Gasteiger charge is 2.06. The van der Waals surface area contributed by atoms with Gasteiger partial charge in [0.2, 0.25) is 0 Å². The first-order chi connectivity index (χ1) is 5.66. The zero-order valence-corrected chi connectivity index (χ0v) is 7.93. The van der Waals surface area contributed by atoms with E-state index in [0.29, 0.717) is 6.42 Å². The van der Waals surface area contributed by atoms with Crippen molar-refractivity contribution in [3.05, 3.63) is 0 Å². The predicted molar refractivity (Wildman–Crippen MR) is 49.0 cm³/mol. The molecule has 0 aliphatic rings. The van der Waals surface area contributed by atoms with Crippen molar-refractivity contribution in [3.8, 4) is 6.07 Å². The first-order valence-corrected chi connectivity index (χ1v) is 4.92. The van der Waals surface area contributed by atoms with Crippen molar-refractivity contribution >= 4 is 17.7 Å². The molecule has 0 rings (SSSR count). The van der Waals surface area contributed by atoms with Crippen molar-refractivity contribution < 1.29 is 9.90 Å². The SMILES string of the molecule is CC(CC(=O)O)SCCCC#N. The third-order valence-electron chi connectivity index (χ3n) is 1.30. The number of hydrogen-bond donors (Lipinski definition) is 1. The minimum absolute atomic E-state index is 0.154. The van der Waals surface area contributed by atoms with Gasteiger partial charge in [-0.1, -0.05) is 6.92 Å². The van der Waals surface area contributed by atoms with E-state index in [2.05, 4.69) is 6.07 Å². The van der Waals surface area contributed by atoms with Gasteiger partial charge in [-0.3, -0.25) is 4.79 Å². The Bertz CT molecular complexity index is 176. The van der Waals surface area contributed by atoms with Crippen LogP contribution in [0.3, 0.4) is 0 Å². The topological polar surface area (TPSA) is 61.1 Å². The predicted octanol–water partition coefficient (Wildman–Crippen LogP) is 1.89. The van der Waals surface area contributed by atoms with Gasteiger partial charge in [-0.15, -0.1) is 0 Å². The molecule has 0 heterocycles. The number of nitriles is 1. The Morgan fingerprint density at radius 3 is 2.92 bits per heavy atom. The summed E-state index contributed by atoms with van der Waals surface area (Å²) >= 11 is 1.61. The molecule has 0 aromatic rings. The Kier molecular flexibility index (Phi) is 6.58.